The van der Waals surface area contributed by atoms with Gasteiger partial charge in [0, 0.05) is 41.3 Å². The van der Waals surface area contributed by atoms with Crippen LogP contribution in [-0.2, 0) is 0 Å². The smallest absolute Gasteiger partial charge is 0.222 e. The van der Waals surface area contributed by atoms with Gasteiger partial charge in [-0.25, -0.2) is 4.98 Å². The van der Waals surface area contributed by atoms with E-state index in [1.165, 1.54) is 0 Å². The monoisotopic (exact) mass is 333 g/mol. The number of likely N-dealkylation sites (N-methyl/N-ethyl adjacent to an activating group) is 1. The largest absolute Gasteiger partial charge is 0.368 e. The zero-order valence-corrected chi connectivity index (χ0v) is 13.8. The molecule has 1 fully saturated rings. The predicted molar refractivity (Wildman–Crippen MR) is 94.1 cm³/mol. The highest BCUT2D eigenvalue weighted by Gasteiger charge is 2.21. The Bertz CT molecular complexity index is 854. The van der Waals surface area contributed by atoms with Crippen LogP contribution < -0.4 is 10.6 Å². The van der Waals surface area contributed by atoms with Crippen molar-refractivity contribution in [2.24, 2.45) is 0 Å². The maximum absolute atomic E-state index is 6.11. The third kappa shape index (κ3) is 2.27. The first-order valence-corrected chi connectivity index (χ1v) is 8.40. The Hall–Kier alpha value is -1.63. The molecule has 114 valence electrons. The van der Waals surface area contributed by atoms with E-state index in [1.54, 1.807) is 11.3 Å². The van der Waals surface area contributed by atoms with Crippen molar-refractivity contribution in [1.29, 1.82) is 0 Å². The van der Waals surface area contributed by atoms with Crippen LogP contribution in [0, 0.1) is 0 Å². The molecule has 0 spiro atoms. The lowest BCUT2D eigenvalue weighted by Crippen LogP contribution is -2.44. The number of nitrogen functional groups attached to an aromatic ring is 1. The Morgan fingerprint density at radius 1 is 1.18 bits per heavy atom. The van der Waals surface area contributed by atoms with Gasteiger partial charge in [-0.1, -0.05) is 11.6 Å². The molecule has 22 heavy (non-hydrogen) atoms. The van der Waals surface area contributed by atoms with E-state index in [0.29, 0.717) is 5.95 Å². The third-order valence-electron chi connectivity index (χ3n) is 4.08. The van der Waals surface area contributed by atoms with Gasteiger partial charge in [0.1, 0.15) is 0 Å². The summed E-state index contributed by atoms with van der Waals surface area (Å²) in [6, 6.07) is 5.88. The van der Waals surface area contributed by atoms with E-state index in [-0.39, 0.29) is 0 Å². The second-order valence-corrected chi connectivity index (χ2v) is 7.10. The van der Waals surface area contributed by atoms with E-state index < -0.39 is 0 Å². The zero-order chi connectivity index (χ0) is 15.3. The number of anilines is 2. The molecule has 2 aromatic heterocycles. The summed E-state index contributed by atoms with van der Waals surface area (Å²) in [5.74, 6) is 1.28. The number of thiophene rings is 1. The summed E-state index contributed by atoms with van der Waals surface area (Å²) in [4.78, 5) is 13.6. The second-order valence-electron chi connectivity index (χ2n) is 5.62. The molecule has 0 amide bonds. The summed E-state index contributed by atoms with van der Waals surface area (Å²) in [5, 5.41) is 1.83. The lowest BCUT2D eigenvalue weighted by atomic mass is 10.2. The molecule has 0 atom stereocenters. The number of aromatic nitrogens is 2. The molecule has 0 radical (unpaired) electrons. The van der Waals surface area contributed by atoms with Crippen LogP contribution in [0.2, 0.25) is 5.02 Å². The highest BCUT2D eigenvalue weighted by Crippen LogP contribution is 2.39. The standard InChI is InChI=1S/C15H16ClN5S/c1-20-4-6-21(7-5-20)14-13-12(18-15(17)19-14)10-3-2-9(16)8-11(10)22-13/h2-3,8H,4-7H2,1H3,(H2,17,18,19). The molecule has 0 unspecified atom stereocenters. The molecule has 5 nitrogen and oxygen atoms in total. The van der Waals surface area contributed by atoms with Crippen LogP contribution >= 0.6 is 22.9 Å². The van der Waals surface area contributed by atoms with E-state index in [2.05, 4.69) is 26.8 Å². The molecular formula is C15H16ClN5S. The van der Waals surface area contributed by atoms with Crippen LogP contribution in [0.4, 0.5) is 11.8 Å². The number of halogens is 1. The average molecular weight is 334 g/mol. The molecule has 1 aliphatic rings. The summed E-state index contributed by atoms with van der Waals surface area (Å²) >= 11 is 7.80. The van der Waals surface area contributed by atoms with Crippen LogP contribution in [0.1, 0.15) is 0 Å². The first-order valence-electron chi connectivity index (χ1n) is 7.20. The number of rotatable bonds is 1. The van der Waals surface area contributed by atoms with Gasteiger partial charge in [0.05, 0.1) is 10.2 Å². The van der Waals surface area contributed by atoms with Crippen molar-refractivity contribution in [2.75, 3.05) is 43.9 Å². The fraction of sp³-hybridized carbons (Fsp3) is 0.333. The number of fused-ring (bicyclic) bond motifs is 3. The van der Waals surface area contributed by atoms with E-state index >= 15 is 0 Å². The maximum Gasteiger partial charge on any atom is 0.222 e. The molecule has 0 saturated carbocycles. The lowest BCUT2D eigenvalue weighted by molar-refractivity contribution is 0.312. The van der Waals surface area contributed by atoms with Crippen LogP contribution in [0.5, 0.6) is 0 Å². The number of nitrogens with zero attached hydrogens (tertiary/aromatic N) is 4. The van der Waals surface area contributed by atoms with Crippen molar-refractivity contribution < 1.29 is 0 Å². The molecule has 3 aromatic rings. The third-order valence-corrected chi connectivity index (χ3v) is 5.45. The first-order chi connectivity index (χ1) is 10.6. The fourth-order valence-electron chi connectivity index (χ4n) is 2.85. The van der Waals surface area contributed by atoms with Crippen molar-refractivity contribution in [1.82, 2.24) is 14.9 Å². The van der Waals surface area contributed by atoms with Crippen molar-refractivity contribution in [3.8, 4) is 0 Å². The van der Waals surface area contributed by atoms with Gasteiger partial charge in [0.15, 0.2) is 5.82 Å². The molecule has 0 aliphatic carbocycles. The zero-order valence-electron chi connectivity index (χ0n) is 12.2. The molecule has 1 aliphatic heterocycles. The Morgan fingerprint density at radius 2 is 1.95 bits per heavy atom. The molecule has 2 N–H and O–H groups in total. The molecule has 4 rings (SSSR count). The number of benzene rings is 1. The highest BCUT2D eigenvalue weighted by atomic mass is 35.5. The molecule has 3 heterocycles. The quantitative estimate of drug-likeness (QED) is 0.742. The van der Waals surface area contributed by atoms with E-state index in [0.717, 1.165) is 57.3 Å². The van der Waals surface area contributed by atoms with Gasteiger partial charge < -0.3 is 15.5 Å². The minimum Gasteiger partial charge on any atom is -0.368 e. The van der Waals surface area contributed by atoms with E-state index in [1.807, 2.05) is 18.2 Å². The predicted octanol–water partition coefficient (Wildman–Crippen LogP) is 2.83. The summed E-state index contributed by atoms with van der Waals surface area (Å²) in [7, 11) is 2.14. The number of piperazine rings is 1. The highest BCUT2D eigenvalue weighted by molar-refractivity contribution is 7.26. The van der Waals surface area contributed by atoms with Crippen molar-refractivity contribution in [3.05, 3.63) is 23.2 Å². The topological polar surface area (TPSA) is 58.3 Å². The van der Waals surface area contributed by atoms with Crippen molar-refractivity contribution >= 4 is 55.0 Å². The van der Waals surface area contributed by atoms with Crippen LogP contribution in [0.25, 0.3) is 20.3 Å². The summed E-state index contributed by atoms with van der Waals surface area (Å²) in [6.45, 7) is 3.97. The fourth-order valence-corrected chi connectivity index (χ4v) is 4.29. The minimum atomic E-state index is 0.330. The number of nitrogens with two attached hydrogens (primary N) is 1. The van der Waals surface area contributed by atoms with Crippen LogP contribution in [-0.4, -0.2) is 48.1 Å². The Labute approximate surface area is 137 Å². The Kier molecular flexibility index (Phi) is 3.32. The molecule has 7 heteroatoms. The lowest BCUT2D eigenvalue weighted by Gasteiger charge is -2.33. The number of hydrogen-bond acceptors (Lipinski definition) is 6. The van der Waals surface area contributed by atoms with Crippen LogP contribution in [0.3, 0.4) is 0 Å². The SMILES string of the molecule is CN1CCN(c2nc(N)nc3c2sc2cc(Cl)ccc23)CC1. The summed E-state index contributed by atoms with van der Waals surface area (Å²) < 4.78 is 2.22. The van der Waals surface area contributed by atoms with Gasteiger partial charge in [-0.3, -0.25) is 0 Å². The second kappa shape index (κ2) is 5.22. The Balaban J connectivity index is 1.92. The van der Waals surface area contributed by atoms with E-state index in [4.69, 9.17) is 17.3 Å². The minimum absolute atomic E-state index is 0.330. The first kappa shape index (κ1) is 14.0. The average Bonchev–Trinajstić information content (AvgIpc) is 2.84. The normalized spacial score (nSPS) is 16.7. The van der Waals surface area contributed by atoms with Gasteiger partial charge in [0.2, 0.25) is 5.95 Å². The van der Waals surface area contributed by atoms with Crippen molar-refractivity contribution in [2.45, 2.75) is 0 Å². The molecule has 1 saturated heterocycles. The maximum atomic E-state index is 6.11. The van der Waals surface area contributed by atoms with Gasteiger partial charge >= 0.3 is 0 Å². The van der Waals surface area contributed by atoms with Crippen LogP contribution in [0.15, 0.2) is 18.2 Å². The summed E-state index contributed by atoms with van der Waals surface area (Å²) in [6.07, 6.45) is 0. The van der Waals surface area contributed by atoms with Gasteiger partial charge in [-0.05, 0) is 25.2 Å². The van der Waals surface area contributed by atoms with Crippen molar-refractivity contribution in [3.63, 3.8) is 0 Å². The molecular weight excluding hydrogens is 318 g/mol. The van der Waals surface area contributed by atoms with Gasteiger partial charge in [0.25, 0.3) is 0 Å². The summed E-state index contributed by atoms with van der Waals surface area (Å²) in [5.41, 5.74) is 6.89. The molecule has 1 aromatic carbocycles. The van der Waals surface area contributed by atoms with E-state index in [9.17, 15) is 0 Å². The molecule has 0 bridgehead atoms. The Morgan fingerprint density at radius 3 is 2.73 bits per heavy atom. The van der Waals surface area contributed by atoms with Gasteiger partial charge in [-0.15, -0.1) is 11.3 Å². The van der Waals surface area contributed by atoms with Gasteiger partial charge in [-0.2, -0.15) is 4.98 Å². The number of hydrogen-bond donors (Lipinski definition) is 1.